The number of nitrogens with one attached hydrogen (secondary N) is 1. The molecular formula is C15H18ClNO4. The summed E-state index contributed by atoms with van der Waals surface area (Å²) < 4.78 is 5.58. The van der Waals surface area contributed by atoms with Crippen LogP contribution in [0.3, 0.4) is 0 Å². The fourth-order valence-corrected chi connectivity index (χ4v) is 2.46. The van der Waals surface area contributed by atoms with E-state index in [-0.39, 0.29) is 12.3 Å². The standard InChI is InChI=1S/C15H18ClNO4/c16-11-5-6-12-10(8-11)9-13(21-12)15(20)17-7-3-1-2-4-14(18)19/h5-6,8,13H,1-4,7,9H2,(H,17,20)(H,18,19). The maximum atomic E-state index is 12.0. The topological polar surface area (TPSA) is 75.6 Å². The Kier molecular flexibility index (Phi) is 5.44. The molecular weight excluding hydrogens is 294 g/mol. The van der Waals surface area contributed by atoms with Gasteiger partial charge in [0.05, 0.1) is 0 Å². The van der Waals surface area contributed by atoms with Crippen LogP contribution in [0.15, 0.2) is 18.2 Å². The lowest BCUT2D eigenvalue weighted by Crippen LogP contribution is -2.37. The normalized spacial score (nSPS) is 16.1. The minimum Gasteiger partial charge on any atom is -0.481 e. The number of carboxylic acids is 1. The van der Waals surface area contributed by atoms with Crippen LogP contribution >= 0.6 is 11.6 Å². The summed E-state index contributed by atoms with van der Waals surface area (Å²) in [5.41, 5.74) is 0.948. The number of hydrogen-bond donors (Lipinski definition) is 2. The van der Waals surface area contributed by atoms with E-state index in [1.54, 1.807) is 12.1 Å². The number of halogens is 1. The van der Waals surface area contributed by atoms with Gasteiger partial charge in [0, 0.05) is 24.4 Å². The number of hydrogen-bond acceptors (Lipinski definition) is 3. The van der Waals surface area contributed by atoms with Gasteiger partial charge in [0.25, 0.3) is 5.91 Å². The van der Waals surface area contributed by atoms with Gasteiger partial charge in [-0.1, -0.05) is 18.0 Å². The molecule has 1 atom stereocenters. The summed E-state index contributed by atoms with van der Waals surface area (Å²) >= 11 is 5.91. The maximum Gasteiger partial charge on any atom is 0.303 e. The molecule has 0 bridgehead atoms. The van der Waals surface area contributed by atoms with Crippen molar-refractivity contribution in [2.45, 2.75) is 38.2 Å². The van der Waals surface area contributed by atoms with Crippen LogP contribution in [-0.2, 0) is 16.0 Å². The second-order valence-corrected chi connectivity index (χ2v) is 5.49. The van der Waals surface area contributed by atoms with E-state index >= 15 is 0 Å². The van der Waals surface area contributed by atoms with E-state index < -0.39 is 12.1 Å². The molecule has 0 fully saturated rings. The highest BCUT2D eigenvalue weighted by molar-refractivity contribution is 6.30. The summed E-state index contributed by atoms with van der Waals surface area (Å²) in [6.45, 7) is 0.537. The van der Waals surface area contributed by atoms with Crippen LogP contribution in [-0.4, -0.2) is 29.6 Å². The predicted octanol–water partition coefficient (Wildman–Crippen LogP) is 2.40. The first kappa shape index (κ1) is 15.6. The predicted molar refractivity (Wildman–Crippen MR) is 78.7 cm³/mol. The highest BCUT2D eigenvalue weighted by atomic mass is 35.5. The summed E-state index contributed by atoms with van der Waals surface area (Å²) in [4.78, 5) is 22.3. The molecule has 1 aliphatic heterocycles. The van der Waals surface area contributed by atoms with E-state index in [4.69, 9.17) is 21.4 Å². The van der Waals surface area contributed by atoms with Crippen LogP contribution in [0.1, 0.15) is 31.2 Å². The molecule has 1 unspecified atom stereocenters. The molecule has 6 heteroatoms. The molecule has 114 valence electrons. The van der Waals surface area contributed by atoms with Crippen LogP contribution < -0.4 is 10.1 Å². The van der Waals surface area contributed by atoms with Gasteiger partial charge < -0.3 is 15.2 Å². The van der Waals surface area contributed by atoms with E-state index in [1.165, 1.54) is 0 Å². The molecule has 0 spiro atoms. The SMILES string of the molecule is O=C(O)CCCCCNC(=O)C1Cc2cc(Cl)ccc2O1. The first-order valence-electron chi connectivity index (χ1n) is 7.01. The zero-order chi connectivity index (χ0) is 15.2. The van der Waals surface area contributed by atoms with E-state index in [2.05, 4.69) is 5.32 Å². The summed E-state index contributed by atoms with van der Waals surface area (Å²) in [5, 5.41) is 12.0. The molecule has 0 saturated carbocycles. The second kappa shape index (κ2) is 7.31. The minimum absolute atomic E-state index is 0.138. The van der Waals surface area contributed by atoms with Gasteiger partial charge in [-0.05, 0) is 36.6 Å². The molecule has 2 N–H and O–H groups in total. The summed E-state index contributed by atoms with van der Waals surface area (Å²) in [5.74, 6) is -0.212. The summed E-state index contributed by atoms with van der Waals surface area (Å²) in [7, 11) is 0. The zero-order valence-corrected chi connectivity index (χ0v) is 12.4. The molecule has 0 radical (unpaired) electrons. The van der Waals surface area contributed by atoms with Crippen molar-refractivity contribution in [3.8, 4) is 5.75 Å². The molecule has 1 heterocycles. The van der Waals surface area contributed by atoms with Crippen molar-refractivity contribution in [3.63, 3.8) is 0 Å². The highest BCUT2D eigenvalue weighted by Gasteiger charge is 2.28. The number of carbonyl (C=O) groups excluding carboxylic acids is 1. The Morgan fingerprint density at radius 1 is 1.33 bits per heavy atom. The number of amides is 1. The third kappa shape index (κ3) is 4.63. The highest BCUT2D eigenvalue weighted by Crippen LogP contribution is 2.31. The van der Waals surface area contributed by atoms with Crippen molar-refractivity contribution >= 4 is 23.5 Å². The molecule has 0 saturated heterocycles. The molecule has 2 rings (SSSR count). The van der Waals surface area contributed by atoms with Crippen LogP contribution in [0.4, 0.5) is 0 Å². The van der Waals surface area contributed by atoms with Crippen molar-refractivity contribution in [1.82, 2.24) is 5.32 Å². The Balaban J connectivity index is 1.68. The van der Waals surface area contributed by atoms with Gasteiger partial charge in [-0.2, -0.15) is 0 Å². The van der Waals surface area contributed by atoms with E-state index in [0.29, 0.717) is 30.2 Å². The molecule has 0 aliphatic carbocycles. The fraction of sp³-hybridized carbons (Fsp3) is 0.467. The van der Waals surface area contributed by atoms with E-state index in [1.807, 2.05) is 6.07 Å². The van der Waals surface area contributed by atoms with Gasteiger partial charge in [0.1, 0.15) is 5.75 Å². The summed E-state index contributed by atoms with van der Waals surface area (Å²) in [6.07, 6.45) is 2.39. The van der Waals surface area contributed by atoms with Crippen molar-refractivity contribution in [2.24, 2.45) is 0 Å². The average molecular weight is 312 g/mol. The number of rotatable bonds is 7. The second-order valence-electron chi connectivity index (χ2n) is 5.06. The first-order valence-corrected chi connectivity index (χ1v) is 7.38. The number of unbranched alkanes of at least 4 members (excludes halogenated alkanes) is 2. The number of ether oxygens (including phenoxy) is 1. The van der Waals surface area contributed by atoms with Gasteiger partial charge in [-0.3, -0.25) is 9.59 Å². The van der Waals surface area contributed by atoms with Crippen molar-refractivity contribution in [2.75, 3.05) is 6.54 Å². The lowest BCUT2D eigenvalue weighted by molar-refractivity contribution is -0.137. The zero-order valence-electron chi connectivity index (χ0n) is 11.6. The fourth-order valence-electron chi connectivity index (χ4n) is 2.27. The van der Waals surface area contributed by atoms with Crippen molar-refractivity contribution in [1.29, 1.82) is 0 Å². The number of benzene rings is 1. The Bertz CT molecular complexity index is 532. The lowest BCUT2D eigenvalue weighted by Gasteiger charge is -2.11. The molecule has 1 amide bonds. The minimum atomic E-state index is -0.783. The van der Waals surface area contributed by atoms with Gasteiger partial charge in [-0.15, -0.1) is 0 Å². The molecule has 21 heavy (non-hydrogen) atoms. The lowest BCUT2D eigenvalue weighted by atomic mass is 10.1. The third-order valence-electron chi connectivity index (χ3n) is 3.36. The average Bonchev–Trinajstić information content (AvgIpc) is 2.85. The first-order chi connectivity index (χ1) is 10.1. The Labute approximate surface area is 128 Å². The van der Waals surface area contributed by atoms with Crippen LogP contribution in [0, 0.1) is 0 Å². The van der Waals surface area contributed by atoms with Crippen LogP contribution in [0.25, 0.3) is 0 Å². The maximum absolute atomic E-state index is 12.0. The molecule has 5 nitrogen and oxygen atoms in total. The number of aliphatic carboxylic acids is 1. The smallest absolute Gasteiger partial charge is 0.303 e. The number of carbonyl (C=O) groups is 2. The molecule has 1 aromatic rings. The van der Waals surface area contributed by atoms with Crippen molar-refractivity contribution < 1.29 is 19.4 Å². The van der Waals surface area contributed by atoms with Gasteiger partial charge in [0.2, 0.25) is 0 Å². The molecule has 1 aliphatic rings. The largest absolute Gasteiger partial charge is 0.481 e. The van der Waals surface area contributed by atoms with Crippen LogP contribution in [0.5, 0.6) is 5.75 Å². The quantitative estimate of drug-likeness (QED) is 0.758. The van der Waals surface area contributed by atoms with Gasteiger partial charge in [-0.25, -0.2) is 0 Å². The molecule has 0 aromatic heterocycles. The van der Waals surface area contributed by atoms with Crippen molar-refractivity contribution in [3.05, 3.63) is 28.8 Å². The van der Waals surface area contributed by atoms with Crippen LogP contribution in [0.2, 0.25) is 5.02 Å². The molecule has 1 aromatic carbocycles. The Hall–Kier alpha value is -1.75. The third-order valence-corrected chi connectivity index (χ3v) is 3.59. The van der Waals surface area contributed by atoms with Gasteiger partial charge >= 0.3 is 5.97 Å². The number of carboxylic acid groups (broad SMARTS) is 1. The Morgan fingerprint density at radius 3 is 2.90 bits per heavy atom. The van der Waals surface area contributed by atoms with E-state index in [0.717, 1.165) is 18.4 Å². The van der Waals surface area contributed by atoms with E-state index in [9.17, 15) is 9.59 Å². The Morgan fingerprint density at radius 2 is 2.14 bits per heavy atom. The van der Waals surface area contributed by atoms with Gasteiger partial charge in [0.15, 0.2) is 6.10 Å². The number of fused-ring (bicyclic) bond motifs is 1. The monoisotopic (exact) mass is 311 g/mol. The summed E-state index contributed by atoms with van der Waals surface area (Å²) in [6, 6.07) is 5.33.